The van der Waals surface area contributed by atoms with Gasteiger partial charge in [0.1, 0.15) is 0 Å². The van der Waals surface area contributed by atoms with Gasteiger partial charge in [0, 0.05) is 12.5 Å². The van der Waals surface area contributed by atoms with Gasteiger partial charge in [-0.2, -0.15) is 13.2 Å². The molecule has 2 nitrogen and oxygen atoms in total. The van der Waals surface area contributed by atoms with E-state index in [9.17, 15) is 13.2 Å². The van der Waals surface area contributed by atoms with Crippen molar-refractivity contribution in [2.75, 3.05) is 6.54 Å². The zero-order valence-corrected chi connectivity index (χ0v) is 7.76. The molecule has 0 aliphatic carbocycles. The van der Waals surface area contributed by atoms with E-state index in [1.807, 2.05) is 0 Å². The Hall–Kier alpha value is -0.290. The van der Waals surface area contributed by atoms with Crippen molar-refractivity contribution in [1.29, 1.82) is 0 Å². The van der Waals surface area contributed by atoms with Crippen molar-refractivity contribution in [3.63, 3.8) is 0 Å². The summed E-state index contributed by atoms with van der Waals surface area (Å²) < 4.78 is 43.1. The van der Waals surface area contributed by atoms with E-state index >= 15 is 0 Å². The summed E-state index contributed by atoms with van der Waals surface area (Å²) in [7, 11) is 0. The number of halogens is 3. The number of fused-ring (bicyclic) bond motifs is 2. The number of hydrogen-bond donors (Lipinski definition) is 1. The fraction of sp³-hybridized carbons (Fsp3) is 1.00. The van der Waals surface area contributed by atoms with Crippen LogP contribution in [0.2, 0.25) is 0 Å². The lowest BCUT2D eigenvalue weighted by Gasteiger charge is -2.28. The topological polar surface area (TPSA) is 35.2 Å². The van der Waals surface area contributed by atoms with Gasteiger partial charge < -0.3 is 10.5 Å². The summed E-state index contributed by atoms with van der Waals surface area (Å²) in [4.78, 5) is 0. The van der Waals surface area contributed by atoms with E-state index in [0.29, 0.717) is 6.42 Å². The first-order chi connectivity index (χ1) is 6.52. The van der Waals surface area contributed by atoms with Crippen molar-refractivity contribution in [2.24, 2.45) is 17.6 Å². The molecule has 2 saturated heterocycles. The summed E-state index contributed by atoms with van der Waals surface area (Å²) in [6, 6.07) is 0. The number of nitrogens with two attached hydrogens (primary N) is 1. The molecule has 4 unspecified atom stereocenters. The highest BCUT2D eigenvalue weighted by atomic mass is 19.4. The summed E-state index contributed by atoms with van der Waals surface area (Å²) in [6.45, 7) is -0.319. The SMILES string of the molecule is NCC(C1CC2CCC1O2)C(F)(F)F. The molecule has 2 rings (SSSR count). The number of ether oxygens (including phenoxy) is 1. The van der Waals surface area contributed by atoms with Crippen LogP contribution < -0.4 is 5.73 Å². The van der Waals surface area contributed by atoms with E-state index in [2.05, 4.69) is 0 Å². The summed E-state index contributed by atoms with van der Waals surface area (Å²) >= 11 is 0. The maximum atomic E-state index is 12.6. The fourth-order valence-corrected chi connectivity index (χ4v) is 2.65. The van der Waals surface area contributed by atoms with E-state index in [4.69, 9.17) is 10.5 Å². The zero-order chi connectivity index (χ0) is 10.3. The third-order valence-corrected chi connectivity index (χ3v) is 3.34. The molecule has 82 valence electrons. The second kappa shape index (κ2) is 3.38. The Morgan fingerprint density at radius 1 is 1.36 bits per heavy atom. The van der Waals surface area contributed by atoms with E-state index in [-0.39, 0.29) is 18.8 Å². The monoisotopic (exact) mass is 209 g/mol. The molecule has 0 saturated carbocycles. The van der Waals surface area contributed by atoms with Gasteiger partial charge in [-0.3, -0.25) is 0 Å². The van der Waals surface area contributed by atoms with E-state index in [1.165, 1.54) is 0 Å². The van der Waals surface area contributed by atoms with Crippen LogP contribution in [0.25, 0.3) is 0 Å². The third kappa shape index (κ3) is 1.63. The van der Waals surface area contributed by atoms with E-state index < -0.39 is 18.0 Å². The summed E-state index contributed by atoms with van der Waals surface area (Å²) in [5.41, 5.74) is 5.19. The van der Waals surface area contributed by atoms with Crippen LogP contribution in [0.4, 0.5) is 13.2 Å². The van der Waals surface area contributed by atoms with Crippen LogP contribution in [0.3, 0.4) is 0 Å². The van der Waals surface area contributed by atoms with Gasteiger partial charge in [-0.1, -0.05) is 0 Å². The zero-order valence-electron chi connectivity index (χ0n) is 7.76. The van der Waals surface area contributed by atoms with Crippen molar-refractivity contribution in [2.45, 2.75) is 37.6 Å². The predicted octanol–water partition coefficient (Wildman–Crippen LogP) is 1.69. The molecule has 0 spiro atoms. The first kappa shape index (κ1) is 10.2. The molecule has 2 bridgehead atoms. The Morgan fingerprint density at radius 3 is 2.43 bits per heavy atom. The molecule has 2 aliphatic rings. The standard InChI is InChI=1S/C9H14F3NO/c10-9(11,12)7(4-13)6-3-5-1-2-8(6)14-5/h5-8H,1-4,13H2. The van der Waals surface area contributed by atoms with Gasteiger partial charge in [-0.25, -0.2) is 0 Å². The van der Waals surface area contributed by atoms with Crippen LogP contribution in [-0.2, 0) is 4.74 Å². The van der Waals surface area contributed by atoms with Gasteiger partial charge in [0.2, 0.25) is 0 Å². The number of hydrogen-bond acceptors (Lipinski definition) is 2. The van der Waals surface area contributed by atoms with Crippen molar-refractivity contribution < 1.29 is 17.9 Å². The second-order valence-electron chi connectivity index (χ2n) is 4.16. The summed E-state index contributed by atoms with van der Waals surface area (Å²) in [5.74, 6) is -1.78. The normalized spacial score (nSPS) is 39.0. The molecule has 0 aromatic heterocycles. The Morgan fingerprint density at radius 2 is 2.07 bits per heavy atom. The molecule has 0 aromatic carbocycles. The molecule has 14 heavy (non-hydrogen) atoms. The van der Waals surface area contributed by atoms with Crippen LogP contribution in [0.15, 0.2) is 0 Å². The largest absolute Gasteiger partial charge is 0.393 e. The molecule has 4 atom stereocenters. The quantitative estimate of drug-likeness (QED) is 0.751. The van der Waals surface area contributed by atoms with Crippen LogP contribution in [0.5, 0.6) is 0 Å². The Kier molecular flexibility index (Phi) is 2.47. The van der Waals surface area contributed by atoms with Gasteiger partial charge in [0.05, 0.1) is 18.1 Å². The van der Waals surface area contributed by atoms with Gasteiger partial charge >= 0.3 is 6.18 Å². The van der Waals surface area contributed by atoms with E-state index in [0.717, 1.165) is 12.8 Å². The molecule has 0 aromatic rings. The van der Waals surface area contributed by atoms with Crippen LogP contribution in [0.1, 0.15) is 19.3 Å². The highest BCUT2D eigenvalue weighted by molar-refractivity contribution is 4.94. The lowest BCUT2D eigenvalue weighted by molar-refractivity contribution is -0.190. The minimum absolute atomic E-state index is 0.0569. The van der Waals surface area contributed by atoms with Gasteiger partial charge in [0.25, 0.3) is 0 Å². The highest BCUT2D eigenvalue weighted by Crippen LogP contribution is 2.46. The average Bonchev–Trinajstić information content (AvgIpc) is 2.63. The summed E-state index contributed by atoms with van der Waals surface area (Å²) in [5, 5.41) is 0. The van der Waals surface area contributed by atoms with Crippen LogP contribution in [0, 0.1) is 11.8 Å². The minimum atomic E-state index is -4.17. The molecule has 0 amide bonds. The van der Waals surface area contributed by atoms with Gasteiger partial charge in [-0.05, 0) is 19.3 Å². The van der Waals surface area contributed by atoms with Crippen LogP contribution >= 0.6 is 0 Å². The molecule has 2 fully saturated rings. The first-order valence-corrected chi connectivity index (χ1v) is 4.94. The second-order valence-corrected chi connectivity index (χ2v) is 4.16. The lowest BCUT2D eigenvalue weighted by Crippen LogP contribution is -2.40. The van der Waals surface area contributed by atoms with E-state index in [1.54, 1.807) is 0 Å². The average molecular weight is 209 g/mol. The predicted molar refractivity (Wildman–Crippen MR) is 44.6 cm³/mol. The number of rotatable bonds is 2. The van der Waals surface area contributed by atoms with Gasteiger partial charge in [0.15, 0.2) is 0 Å². The lowest BCUT2D eigenvalue weighted by atomic mass is 9.79. The smallest absolute Gasteiger partial charge is 0.375 e. The molecule has 0 radical (unpaired) electrons. The van der Waals surface area contributed by atoms with Crippen molar-refractivity contribution in [3.8, 4) is 0 Å². The molecule has 2 heterocycles. The maximum absolute atomic E-state index is 12.6. The maximum Gasteiger partial charge on any atom is 0.393 e. The minimum Gasteiger partial charge on any atom is -0.375 e. The van der Waals surface area contributed by atoms with Crippen molar-refractivity contribution in [3.05, 3.63) is 0 Å². The highest BCUT2D eigenvalue weighted by Gasteiger charge is 2.52. The summed E-state index contributed by atoms with van der Waals surface area (Å²) in [6.07, 6.45) is -2.10. The molecule has 5 heteroatoms. The van der Waals surface area contributed by atoms with Crippen molar-refractivity contribution in [1.82, 2.24) is 0 Å². The Balaban J connectivity index is 2.06. The first-order valence-electron chi connectivity index (χ1n) is 4.94. The number of alkyl halides is 3. The molecule has 2 N–H and O–H groups in total. The molecular formula is C9H14F3NO. The van der Waals surface area contributed by atoms with Crippen molar-refractivity contribution >= 4 is 0 Å². The Labute approximate surface area is 80.6 Å². The molecular weight excluding hydrogens is 195 g/mol. The Bertz CT molecular complexity index is 219. The molecule has 2 aliphatic heterocycles. The fourth-order valence-electron chi connectivity index (χ4n) is 2.65. The van der Waals surface area contributed by atoms with Gasteiger partial charge in [-0.15, -0.1) is 0 Å². The van der Waals surface area contributed by atoms with Crippen LogP contribution in [-0.4, -0.2) is 24.9 Å². The third-order valence-electron chi connectivity index (χ3n) is 3.34.